The average Bonchev–Trinajstić information content (AvgIpc) is 2.54. The molecule has 0 saturated carbocycles. The van der Waals surface area contributed by atoms with Crippen LogP contribution in [0, 0.1) is 13.8 Å². The standard InChI is InChI=1S/C18H20N2O2/c1-12-4-7-16(10-13(12)2)18(22)20-11-14-5-8-15(9-6-14)17(21)19-3/h4-10H,11H2,1-3H3,(H,19,21)(H,20,22). The van der Waals surface area contributed by atoms with Crippen LogP contribution in [0.2, 0.25) is 0 Å². The molecule has 114 valence electrons. The van der Waals surface area contributed by atoms with Gasteiger partial charge in [-0.2, -0.15) is 0 Å². The fourth-order valence-electron chi connectivity index (χ4n) is 2.09. The van der Waals surface area contributed by atoms with Gasteiger partial charge in [0.2, 0.25) is 0 Å². The largest absolute Gasteiger partial charge is 0.355 e. The predicted molar refractivity (Wildman–Crippen MR) is 86.9 cm³/mol. The summed E-state index contributed by atoms with van der Waals surface area (Å²) in [6.07, 6.45) is 0. The van der Waals surface area contributed by atoms with Gasteiger partial charge in [-0.1, -0.05) is 18.2 Å². The molecule has 0 bridgehead atoms. The maximum atomic E-state index is 12.1. The molecule has 22 heavy (non-hydrogen) atoms. The molecule has 2 rings (SSSR count). The fraction of sp³-hybridized carbons (Fsp3) is 0.222. The van der Waals surface area contributed by atoms with Gasteiger partial charge in [0.25, 0.3) is 11.8 Å². The highest BCUT2D eigenvalue weighted by molar-refractivity contribution is 5.95. The van der Waals surface area contributed by atoms with Gasteiger partial charge in [-0.15, -0.1) is 0 Å². The summed E-state index contributed by atoms with van der Waals surface area (Å²) in [6.45, 7) is 4.44. The summed E-state index contributed by atoms with van der Waals surface area (Å²) in [7, 11) is 1.60. The van der Waals surface area contributed by atoms with Crippen molar-refractivity contribution in [3.05, 3.63) is 70.3 Å². The zero-order valence-corrected chi connectivity index (χ0v) is 13.1. The van der Waals surface area contributed by atoms with Crippen LogP contribution in [-0.2, 0) is 6.54 Å². The van der Waals surface area contributed by atoms with Crippen molar-refractivity contribution < 1.29 is 9.59 Å². The van der Waals surface area contributed by atoms with E-state index in [-0.39, 0.29) is 11.8 Å². The molecule has 2 aromatic rings. The maximum Gasteiger partial charge on any atom is 0.251 e. The number of carbonyl (C=O) groups excluding carboxylic acids is 2. The smallest absolute Gasteiger partial charge is 0.251 e. The van der Waals surface area contributed by atoms with Crippen LogP contribution in [0.1, 0.15) is 37.4 Å². The molecule has 0 aliphatic rings. The van der Waals surface area contributed by atoms with Gasteiger partial charge in [-0.05, 0) is 54.8 Å². The molecule has 4 heteroatoms. The number of carbonyl (C=O) groups is 2. The molecule has 4 nitrogen and oxygen atoms in total. The number of aryl methyl sites for hydroxylation is 2. The molecule has 0 fully saturated rings. The van der Waals surface area contributed by atoms with Crippen molar-refractivity contribution in [2.75, 3.05) is 7.05 Å². The van der Waals surface area contributed by atoms with E-state index in [4.69, 9.17) is 0 Å². The lowest BCUT2D eigenvalue weighted by molar-refractivity contribution is 0.0946. The van der Waals surface area contributed by atoms with Crippen LogP contribution in [0.3, 0.4) is 0 Å². The van der Waals surface area contributed by atoms with E-state index >= 15 is 0 Å². The minimum Gasteiger partial charge on any atom is -0.355 e. The van der Waals surface area contributed by atoms with Crippen LogP contribution in [0.5, 0.6) is 0 Å². The molecule has 0 aromatic heterocycles. The van der Waals surface area contributed by atoms with Crippen molar-refractivity contribution in [3.8, 4) is 0 Å². The molecular formula is C18H20N2O2. The highest BCUT2D eigenvalue weighted by Gasteiger charge is 2.07. The lowest BCUT2D eigenvalue weighted by atomic mass is 10.1. The van der Waals surface area contributed by atoms with Gasteiger partial charge in [-0.25, -0.2) is 0 Å². The number of rotatable bonds is 4. The summed E-state index contributed by atoms with van der Waals surface area (Å²) < 4.78 is 0. The Morgan fingerprint density at radius 1 is 0.864 bits per heavy atom. The van der Waals surface area contributed by atoms with Crippen LogP contribution in [0.4, 0.5) is 0 Å². The normalized spacial score (nSPS) is 10.1. The molecule has 2 N–H and O–H groups in total. The summed E-state index contributed by atoms with van der Waals surface area (Å²) in [5, 5.41) is 5.46. The van der Waals surface area contributed by atoms with E-state index in [1.807, 2.05) is 44.2 Å². The Bertz CT molecular complexity index is 691. The van der Waals surface area contributed by atoms with Gasteiger partial charge in [-0.3, -0.25) is 9.59 Å². The van der Waals surface area contributed by atoms with Crippen LogP contribution in [-0.4, -0.2) is 18.9 Å². The summed E-state index contributed by atoms with van der Waals surface area (Å²) in [5.74, 6) is -0.218. The third-order valence-corrected chi connectivity index (χ3v) is 3.67. The SMILES string of the molecule is CNC(=O)c1ccc(CNC(=O)c2ccc(C)c(C)c2)cc1. The summed E-state index contributed by atoms with van der Waals surface area (Å²) in [6, 6.07) is 12.8. The number of benzene rings is 2. The van der Waals surface area contributed by atoms with Crippen molar-refractivity contribution in [3.63, 3.8) is 0 Å². The van der Waals surface area contributed by atoms with Crippen molar-refractivity contribution in [1.29, 1.82) is 0 Å². The van der Waals surface area contributed by atoms with E-state index in [1.54, 1.807) is 19.2 Å². The zero-order chi connectivity index (χ0) is 16.1. The van der Waals surface area contributed by atoms with Crippen LogP contribution < -0.4 is 10.6 Å². The lowest BCUT2D eigenvalue weighted by Crippen LogP contribution is -2.23. The lowest BCUT2D eigenvalue weighted by Gasteiger charge is -2.08. The Morgan fingerprint density at radius 2 is 1.50 bits per heavy atom. The molecule has 0 heterocycles. The molecule has 0 saturated heterocycles. The minimum atomic E-state index is -0.120. The van der Waals surface area contributed by atoms with Crippen molar-refractivity contribution in [2.45, 2.75) is 20.4 Å². The molecule has 0 aliphatic carbocycles. The van der Waals surface area contributed by atoms with Crippen LogP contribution in [0.25, 0.3) is 0 Å². The molecule has 0 atom stereocenters. The second-order valence-electron chi connectivity index (χ2n) is 5.26. The Balaban J connectivity index is 1.98. The van der Waals surface area contributed by atoms with Gasteiger partial charge < -0.3 is 10.6 Å². The van der Waals surface area contributed by atoms with E-state index in [0.717, 1.165) is 11.1 Å². The van der Waals surface area contributed by atoms with Gasteiger partial charge in [0.1, 0.15) is 0 Å². The highest BCUT2D eigenvalue weighted by atomic mass is 16.2. The fourth-order valence-corrected chi connectivity index (χ4v) is 2.09. The first-order valence-corrected chi connectivity index (χ1v) is 7.17. The number of nitrogens with one attached hydrogen (secondary N) is 2. The second-order valence-corrected chi connectivity index (χ2v) is 5.26. The Hall–Kier alpha value is -2.62. The minimum absolute atomic E-state index is 0.0986. The number of hydrogen-bond acceptors (Lipinski definition) is 2. The van der Waals surface area contributed by atoms with E-state index in [2.05, 4.69) is 10.6 Å². The monoisotopic (exact) mass is 296 g/mol. The quantitative estimate of drug-likeness (QED) is 0.911. The van der Waals surface area contributed by atoms with Gasteiger partial charge in [0.05, 0.1) is 0 Å². The summed E-state index contributed by atoms with van der Waals surface area (Å²) in [5.41, 5.74) is 4.48. The molecule has 0 aliphatic heterocycles. The Labute approximate surface area is 130 Å². The maximum absolute atomic E-state index is 12.1. The highest BCUT2D eigenvalue weighted by Crippen LogP contribution is 2.10. The first-order valence-electron chi connectivity index (χ1n) is 7.17. The molecule has 2 aromatic carbocycles. The van der Waals surface area contributed by atoms with Crippen LogP contribution in [0.15, 0.2) is 42.5 Å². The topological polar surface area (TPSA) is 58.2 Å². The first kappa shape index (κ1) is 15.8. The molecule has 2 amide bonds. The number of amides is 2. The van der Waals surface area contributed by atoms with E-state index in [0.29, 0.717) is 17.7 Å². The molecule has 0 spiro atoms. The third kappa shape index (κ3) is 3.73. The van der Waals surface area contributed by atoms with E-state index in [1.165, 1.54) is 5.56 Å². The van der Waals surface area contributed by atoms with E-state index in [9.17, 15) is 9.59 Å². The van der Waals surface area contributed by atoms with Crippen LogP contribution >= 0.6 is 0 Å². The zero-order valence-electron chi connectivity index (χ0n) is 13.1. The molecule has 0 unspecified atom stereocenters. The van der Waals surface area contributed by atoms with Crippen molar-refractivity contribution >= 4 is 11.8 Å². The third-order valence-electron chi connectivity index (χ3n) is 3.67. The van der Waals surface area contributed by atoms with E-state index < -0.39 is 0 Å². The predicted octanol–water partition coefficient (Wildman–Crippen LogP) is 2.59. The number of hydrogen-bond donors (Lipinski definition) is 2. The average molecular weight is 296 g/mol. The summed E-state index contributed by atoms with van der Waals surface area (Å²) in [4.78, 5) is 23.6. The van der Waals surface area contributed by atoms with Gasteiger partial charge in [0.15, 0.2) is 0 Å². The first-order chi connectivity index (χ1) is 10.5. The van der Waals surface area contributed by atoms with Crippen molar-refractivity contribution in [1.82, 2.24) is 10.6 Å². The van der Waals surface area contributed by atoms with Crippen molar-refractivity contribution in [2.24, 2.45) is 0 Å². The van der Waals surface area contributed by atoms with Gasteiger partial charge in [0, 0.05) is 24.7 Å². The molecular weight excluding hydrogens is 276 g/mol. The van der Waals surface area contributed by atoms with Gasteiger partial charge >= 0.3 is 0 Å². The Kier molecular flexibility index (Phi) is 4.94. The second kappa shape index (κ2) is 6.89. The Morgan fingerprint density at radius 3 is 2.09 bits per heavy atom. The summed E-state index contributed by atoms with van der Waals surface area (Å²) >= 11 is 0. The molecule has 0 radical (unpaired) electrons.